The molecule has 1 aromatic heterocycles. The van der Waals surface area contributed by atoms with Crippen LogP contribution in [-0.4, -0.2) is 22.2 Å². The summed E-state index contributed by atoms with van der Waals surface area (Å²) in [4.78, 5) is 11.7. The molecule has 0 bridgehead atoms. The maximum atomic E-state index is 13.4. The molecule has 1 N–H and O–H groups in total. The molecule has 4 nitrogen and oxygen atoms in total. The highest BCUT2D eigenvalue weighted by atomic mass is 19.1. The number of benzene rings is 1. The fraction of sp³-hybridized carbons (Fsp3) is 0.375. The van der Waals surface area contributed by atoms with Crippen molar-refractivity contribution in [1.29, 1.82) is 0 Å². The molecule has 0 saturated heterocycles. The van der Waals surface area contributed by atoms with Gasteiger partial charge >= 0.3 is 0 Å². The number of hydrogen-bond acceptors (Lipinski definition) is 2. The minimum Gasteiger partial charge on any atom is -0.356 e. The Labute approximate surface area is 124 Å². The van der Waals surface area contributed by atoms with Crippen LogP contribution in [0.5, 0.6) is 0 Å². The zero-order valence-corrected chi connectivity index (χ0v) is 12.4. The number of hydrogen-bond donors (Lipinski definition) is 1. The first kappa shape index (κ1) is 15.2. The highest BCUT2D eigenvalue weighted by Gasteiger charge is 2.07. The van der Waals surface area contributed by atoms with Crippen molar-refractivity contribution in [2.24, 2.45) is 0 Å². The average molecular weight is 289 g/mol. The lowest BCUT2D eigenvalue weighted by molar-refractivity contribution is -0.120. The van der Waals surface area contributed by atoms with Crippen LogP contribution in [-0.2, 0) is 17.8 Å². The van der Waals surface area contributed by atoms with Crippen LogP contribution in [0.4, 0.5) is 4.39 Å². The number of amides is 1. The third-order valence-electron chi connectivity index (χ3n) is 3.28. The van der Waals surface area contributed by atoms with Gasteiger partial charge in [0.05, 0.1) is 12.1 Å². The van der Waals surface area contributed by atoms with E-state index in [-0.39, 0.29) is 18.1 Å². The number of halogens is 1. The van der Waals surface area contributed by atoms with Crippen molar-refractivity contribution < 1.29 is 9.18 Å². The van der Waals surface area contributed by atoms with Crippen molar-refractivity contribution in [1.82, 2.24) is 15.1 Å². The third-order valence-corrected chi connectivity index (χ3v) is 3.28. The normalized spacial score (nSPS) is 10.6. The van der Waals surface area contributed by atoms with E-state index in [1.807, 2.05) is 24.6 Å². The number of nitrogens with zero attached hydrogens (tertiary/aromatic N) is 2. The Balaban J connectivity index is 1.72. The molecule has 2 rings (SSSR count). The van der Waals surface area contributed by atoms with Gasteiger partial charge in [-0.25, -0.2) is 4.39 Å². The van der Waals surface area contributed by atoms with Crippen molar-refractivity contribution in [2.45, 2.75) is 33.2 Å². The smallest absolute Gasteiger partial charge is 0.224 e. The average Bonchev–Trinajstić information content (AvgIpc) is 2.76. The summed E-state index contributed by atoms with van der Waals surface area (Å²) in [5, 5.41) is 7.17. The lowest BCUT2D eigenvalue weighted by atomic mass is 10.1. The van der Waals surface area contributed by atoms with Crippen molar-refractivity contribution in [3.05, 3.63) is 53.1 Å². The highest BCUT2D eigenvalue weighted by molar-refractivity contribution is 5.78. The first-order chi connectivity index (χ1) is 10.1. The summed E-state index contributed by atoms with van der Waals surface area (Å²) in [6.45, 7) is 5.29. The number of rotatable bonds is 6. The summed E-state index contributed by atoms with van der Waals surface area (Å²) in [5.74, 6) is -0.497. The predicted octanol–water partition coefficient (Wildman–Crippen LogP) is 2.39. The van der Waals surface area contributed by atoms with Crippen LogP contribution in [0.15, 0.2) is 30.3 Å². The topological polar surface area (TPSA) is 46.9 Å². The van der Waals surface area contributed by atoms with E-state index in [0.29, 0.717) is 12.1 Å². The third kappa shape index (κ3) is 4.41. The zero-order chi connectivity index (χ0) is 15.2. The minimum absolute atomic E-state index is 0.0760. The summed E-state index contributed by atoms with van der Waals surface area (Å²) in [6, 6.07) is 8.37. The van der Waals surface area contributed by atoms with Crippen LogP contribution in [0, 0.1) is 19.7 Å². The molecule has 1 heterocycles. The quantitative estimate of drug-likeness (QED) is 0.830. The maximum absolute atomic E-state index is 13.4. The maximum Gasteiger partial charge on any atom is 0.224 e. The Hall–Kier alpha value is -2.17. The molecular weight excluding hydrogens is 269 g/mol. The van der Waals surface area contributed by atoms with Gasteiger partial charge in [0.25, 0.3) is 0 Å². The van der Waals surface area contributed by atoms with Gasteiger partial charge in [0.15, 0.2) is 0 Å². The number of carbonyl (C=O) groups is 1. The fourth-order valence-electron chi connectivity index (χ4n) is 2.24. The number of carbonyl (C=O) groups excluding carboxylic acids is 1. The molecule has 2 aromatic rings. The molecule has 0 spiro atoms. The SMILES string of the molecule is Cc1cc(C)n(CCCNC(=O)Cc2ccccc2F)n1. The largest absolute Gasteiger partial charge is 0.356 e. The predicted molar refractivity (Wildman–Crippen MR) is 79.4 cm³/mol. The number of aromatic nitrogens is 2. The first-order valence-electron chi connectivity index (χ1n) is 7.07. The summed E-state index contributed by atoms with van der Waals surface area (Å²) in [7, 11) is 0. The van der Waals surface area contributed by atoms with Gasteiger partial charge in [-0.2, -0.15) is 5.10 Å². The molecule has 0 atom stereocenters. The van der Waals surface area contributed by atoms with E-state index in [2.05, 4.69) is 10.4 Å². The molecule has 5 heteroatoms. The van der Waals surface area contributed by atoms with Crippen molar-refractivity contribution in [2.75, 3.05) is 6.54 Å². The van der Waals surface area contributed by atoms with Crippen LogP contribution < -0.4 is 5.32 Å². The lowest BCUT2D eigenvalue weighted by Gasteiger charge is -2.07. The summed E-state index contributed by atoms with van der Waals surface area (Å²) in [6.07, 6.45) is 0.873. The second kappa shape index (κ2) is 7.02. The Morgan fingerprint density at radius 3 is 2.76 bits per heavy atom. The van der Waals surface area contributed by atoms with Gasteiger partial charge in [-0.1, -0.05) is 18.2 Å². The van der Waals surface area contributed by atoms with E-state index < -0.39 is 0 Å². The van der Waals surface area contributed by atoms with Gasteiger partial charge in [0.2, 0.25) is 5.91 Å². The van der Waals surface area contributed by atoms with Gasteiger partial charge in [0.1, 0.15) is 5.82 Å². The van der Waals surface area contributed by atoms with E-state index >= 15 is 0 Å². The van der Waals surface area contributed by atoms with E-state index in [4.69, 9.17) is 0 Å². The number of nitrogens with one attached hydrogen (secondary N) is 1. The lowest BCUT2D eigenvalue weighted by Crippen LogP contribution is -2.27. The van der Waals surface area contributed by atoms with E-state index in [1.165, 1.54) is 6.07 Å². The molecule has 21 heavy (non-hydrogen) atoms. The highest BCUT2D eigenvalue weighted by Crippen LogP contribution is 2.07. The summed E-state index contributed by atoms with van der Waals surface area (Å²) >= 11 is 0. The Bertz CT molecular complexity index is 622. The summed E-state index contributed by atoms with van der Waals surface area (Å²) in [5.41, 5.74) is 2.54. The van der Waals surface area contributed by atoms with Gasteiger partial charge < -0.3 is 5.32 Å². The second-order valence-electron chi connectivity index (χ2n) is 5.12. The van der Waals surface area contributed by atoms with Crippen LogP contribution in [0.3, 0.4) is 0 Å². The van der Waals surface area contributed by atoms with Crippen LogP contribution >= 0.6 is 0 Å². The molecule has 0 aliphatic carbocycles. The van der Waals surface area contributed by atoms with Crippen molar-refractivity contribution in [3.8, 4) is 0 Å². The standard InChI is InChI=1S/C16H20FN3O/c1-12-10-13(2)20(19-12)9-5-8-18-16(21)11-14-6-3-4-7-15(14)17/h3-4,6-7,10H,5,8-9,11H2,1-2H3,(H,18,21). The molecule has 0 aliphatic heterocycles. The summed E-state index contributed by atoms with van der Waals surface area (Å²) < 4.78 is 15.3. The Kier molecular flexibility index (Phi) is 5.09. The Morgan fingerprint density at radius 2 is 2.10 bits per heavy atom. The van der Waals surface area contributed by atoms with Crippen LogP contribution in [0.1, 0.15) is 23.4 Å². The van der Waals surface area contributed by atoms with E-state index in [9.17, 15) is 9.18 Å². The van der Waals surface area contributed by atoms with Gasteiger partial charge in [-0.05, 0) is 38.0 Å². The van der Waals surface area contributed by atoms with Crippen LogP contribution in [0.2, 0.25) is 0 Å². The van der Waals surface area contributed by atoms with Gasteiger partial charge in [-0.3, -0.25) is 9.48 Å². The molecule has 0 aliphatic rings. The molecule has 0 fully saturated rings. The molecular formula is C16H20FN3O. The van der Waals surface area contributed by atoms with E-state index in [0.717, 1.165) is 24.4 Å². The van der Waals surface area contributed by atoms with E-state index in [1.54, 1.807) is 18.2 Å². The molecule has 0 unspecified atom stereocenters. The van der Waals surface area contributed by atoms with Crippen LogP contribution in [0.25, 0.3) is 0 Å². The number of aryl methyl sites for hydroxylation is 3. The molecule has 0 saturated carbocycles. The molecule has 112 valence electrons. The molecule has 1 aromatic carbocycles. The fourth-order valence-corrected chi connectivity index (χ4v) is 2.24. The first-order valence-corrected chi connectivity index (χ1v) is 7.07. The van der Waals surface area contributed by atoms with Crippen molar-refractivity contribution in [3.63, 3.8) is 0 Å². The second-order valence-corrected chi connectivity index (χ2v) is 5.12. The van der Waals surface area contributed by atoms with Crippen molar-refractivity contribution >= 4 is 5.91 Å². The monoisotopic (exact) mass is 289 g/mol. The Morgan fingerprint density at radius 1 is 1.33 bits per heavy atom. The molecule has 0 radical (unpaired) electrons. The molecule has 1 amide bonds. The van der Waals surface area contributed by atoms with Gasteiger partial charge in [0, 0.05) is 18.8 Å². The minimum atomic E-state index is -0.338. The van der Waals surface area contributed by atoms with Gasteiger partial charge in [-0.15, -0.1) is 0 Å². The zero-order valence-electron chi connectivity index (χ0n) is 12.4.